The molecule has 1 aliphatic rings. The molecule has 0 saturated carbocycles. The Balaban J connectivity index is 2.18. The van der Waals surface area contributed by atoms with E-state index in [-0.39, 0.29) is 24.6 Å². The lowest BCUT2D eigenvalue weighted by Gasteiger charge is -2.35. The predicted molar refractivity (Wildman–Crippen MR) is 69.9 cm³/mol. The summed E-state index contributed by atoms with van der Waals surface area (Å²) in [5, 5.41) is 0. The van der Waals surface area contributed by atoms with Crippen LogP contribution in [0.4, 0.5) is 8.78 Å². The standard InChI is InChI=1S/C14H18F2N2O2/c1-9-2-3-12(15)11(14(9)16)7-18-4-5-20-8-10(18)6-13(17)19/h2-3,10H,4-8H2,1H3,(H2,17,19). The number of hydrogen-bond acceptors (Lipinski definition) is 3. The number of primary amides is 1. The highest BCUT2D eigenvalue weighted by atomic mass is 19.1. The number of amides is 1. The molecule has 0 aromatic heterocycles. The number of morpholine rings is 1. The molecule has 0 aliphatic carbocycles. The zero-order valence-corrected chi connectivity index (χ0v) is 11.4. The molecule has 1 unspecified atom stereocenters. The lowest BCUT2D eigenvalue weighted by molar-refractivity contribution is -0.121. The second-order valence-electron chi connectivity index (χ2n) is 5.03. The number of aryl methyl sites for hydroxylation is 1. The number of ether oxygens (including phenoxy) is 1. The number of nitrogens with zero attached hydrogens (tertiary/aromatic N) is 1. The first-order valence-corrected chi connectivity index (χ1v) is 6.52. The number of benzene rings is 1. The topological polar surface area (TPSA) is 55.6 Å². The van der Waals surface area contributed by atoms with Crippen molar-refractivity contribution in [3.05, 3.63) is 34.9 Å². The molecule has 2 rings (SSSR count). The summed E-state index contributed by atoms with van der Waals surface area (Å²) in [6.07, 6.45) is 0.120. The van der Waals surface area contributed by atoms with Crippen LogP contribution in [0.2, 0.25) is 0 Å². The van der Waals surface area contributed by atoms with Crippen molar-refractivity contribution in [3.8, 4) is 0 Å². The molecular formula is C14H18F2N2O2. The van der Waals surface area contributed by atoms with Gasteiger partial charge in [-0.2, -0.15) is 0 Å². The SMILES string of the molecule is Cc1ccc(F)c(CN2CCOCC2CC(N)=O)c1F. The minimum absolute atomic E-state index is 0.0290. The van der Waals surface area contributed by atoms with Gasteiger partial charge in [0, 0.05) is 31.1 Å². The van der Waals surface area contributed by atoms with E-state index in [2.05, 4.69) is 0 Å². The molecule has 6 heteroatoms. The van der Waals surface area contributed by atoms with E-state index in [1.54, 1.807) is 6.92 Å². The highest BCUT2D eigenvalue weighted by Gasteiger charge is 2.26. The van der Waals surface area contributed by atoms with Gasteiger partial charge in [0.2, 0.25) is 5.91 Å². The Morgan fingerprint density at radius 2 is 2.25 bits per heavy atom. The van der Waals surface area contributed by atoms with E-state index in [1.807, 2.05) is 4.90 Å². The normalized spacial score (nSPS) is 20.1. The molecule has 1 fully saturated rings. The Hall–Kier alpha value is -1.53. The maximum Gasteiger partial charge on any atom is 0.219 e. The second-order valence-corrected chi connectivity index (χ2v) is 5.03. The largest absolute Gasteiger partial charge is 0.378 e. The van der Waals surface area contributed by atoms with Gasteiger partial charge in [-0.05, 0) is 18.6 Å². The van der Waals surface area contributed by atoms with Gasteiger partial charge in [0.15, 0.2) is 0 Å². The number of halogens is 2. The molecule has 0 bridgehead atoms. The zero-order valence-electron chi connectivity index (χ0n) is 11.4. The average molecular weight is 284 g/mol. The van der Waals surface area contributed by atoms with E-state index < -0.39 is 17.5 Å². The summed E-state index contributed by atoms with van der Waals surface area (Å²) in [6, 6.07) is 2.44. The first-order valence-electron chi connectivity index (χ1n) is 6.52. The molecule has 1 aliphatic heterocycles. The minimum Gasteiger partial charge on any atom is -0.378 e. The van der Waals surface area contributed by atoms with Crippen LogP contribution >= 0.6 is 0 Å². The molecule has 0 spiro atoms. The third kappa shape index (κ3) is 3.32. The second kappa shape index (κ2) is 6.28. The van der Waals surface area contributed by atoms with Gasteiger partial charge in [-0.15, -0.1) is 0 Å². The van der Waals surface area contributed by atoms with E-state index in [0.717, 1.165) is 0 Å². The van der Waals surface area contributed by atoms with Crippen molar-refractivity contribution in [2.45, 2.75) is 25.9 Å². The van der Waals surface area contributed by atoms with E-state index in [4.69, 9.17) is 10.5 Å². The first-order chi connectivity index (χ1) is 9.49. The lowest BCUT2D eigenvalue weighted by Crippen LogP contribution is -2.46. The summed E-state index contributed by atoms with van der Waals surface area (Å²) in [5.41, 5.74) is 5.63. The van der Waals surface area contributed by atoms with Crippen molar-refractivity contribution < 1.29 is 18.3 Å². The fourth-order valence-electron chi connectivity index (χ4n) is 2.38. The smallest absolute Gasteiger partial charge is 0.219 e. The highest BCUT2D eigenvalue weighted by molar-refractivity contribution is 5.74. The molecule has 1 saturated heterocycles. The average Bonchev–Trinajstić information content (AvgIpc) is 2.40. The molecule has 110 valence electrons. The number of hydrogen-bond donors (Lipinski definition) is 1. The van der Waals surface area contributed by atoms with Crippen LogP contribution in [-0.4, -0.2) is 36.6 Å². The van der Waals surface area contributed by atoms with Crippen LogP contribution in [-0.2, 0) is 16.1 Å². The van der Waals surface area contributed by atoms with Crippen LogP contribution in [0.5, 0.6) is 0 Å². The van der Waals surface area contributed by atoms with Crippen molar-refractivity contribution in [1.82, 2.24) is 4.90 Å². The molecular weight excluding hydrogens is 266 g/mol. The highest BCUT2D eigenvalue weighted by Crippen LogP contribution is 2.21. The number of rotatable bonds is 4. The molecule has 4 nitrogen and oxygen atoms in total. The summed E-state index contributed by atoms with van der Waals surface area (Å²) >= 11 is 0. The number of carbonyl (C=O) groups excluding carboxylic acids is 1. The summed E-state index contributed by atoms with van der Waals surface area (Å²) in [6.45, 7) is 3.05. The van der Waals surface area contributed by atoms with Crippen molar-refractivity contribution in [2.75, 3.05) is 19.8 Å². The summed E-state index contributed by atoms with van der Waals surface area (Å²) in [7, 11) is 0. The van der Waals surface area contributed by atoms with Crippen molar-refractivity contribution >= 4 is 5.91 Å². The van der Waals surface area contributed by atoms with Gasteiger partial charge in [0.25, 0.3) is 0 Å². The fourth-order valence-corrected chi connectivity index (χ4v) is 2.38. The molecule has 1 aromatic carbocycles. The van der Waals surface area contributed by atoms with Gasteiger partial charge in [-0.3, -0.25) is 9.69 Å². The van der Waals surface area contributed by atoms with Gasteiger partial charge in [0.05, 0.1) is 13.2 Å². The van der Waals surface area contributed by atoms with Gasteiger partial charge in [0.1, 0.15) is 11.6 Å². The van der Waals surface area contributed by atoms with Crippen LogP contribution in [0.15, 0.2) is 12.1 Å². The monoisotopic (exact) mass is 284 g/mol. The third-order valence-corrected chi connectivity index (χ3v) is 3.53. The quantitative estimate of drug-likeness (QED) is 0.908. The summed E-state index contributed by atoms with van der Waals surface area (Å²) < 4.78 is 33.1. The Bertz CT molecular complexity index is 508. The Morgan fingerprint density at radius 3 is 2.95 bits per heavy atom. The number of nitrogens with two attached hydrogens (primary N) is 1. The number of carbonyl (C=O) groups is 1. The van der Waals surface area contributed by atoms with Crippen molar-refractivity contribution in [2.24, 2.45) is 5.73 Å². The van der Waals surface area contributed by atoms with E-state index in [1.165, 1.54) is 12.1 Å². The molecule has 1 amide bonds. The molecule has 1 atom stereocenters. The molecule has 1 heterocycles. The van der Waals surface area contributed by atoms with Crippen molar-refractivity contribution in [3.63, 3.8) is 0 Å². The van der Waals surface area contributed by atoms with Gasteiger partial charge < -0.3 is 10.5 Å². The van der Waals surface area contributed by atoms with E-state index in [0.29, 0.717) is 25.3 Å². The summed E-state index contributed by atoms with van der Waals surface area (Å²) in [4.78, 5) is 12.9. The maximum atomic E-state index is 14.0. The van der Waals surface area contributed by atoms with Gasteiger partial charge in [-0.1, -0.05) is 6.07 Å². The Kier molecular flexibility index (Phi) is 4.67. The van der Waals surface area contributed by atoms with Crippen LogP contribution in [0.1, 0.15) is 17.5 Å². The van der Waals surface area contributed by atoms with Gasteiger partial charge >= 0.3 is 0 Å². The zero-order chi connectivity index (χ0) is 14.7. The van der Waals surface area contributed by atoms with E-state index >= 15 is 0 Å². The maximum absolute atomic E-state index is 14.0. The molecule has 1 aromatic rings. The van der Waals surface area contributed by atoms with E-state index in [9.17, 15) is 13.6 Å². The Morgan fingerprint density at radius 1 is 1.50 bits per heavy atom. The van der Waals surface area contributed by atoms with Crippen LogP contribution in [0.3, 0.4) is 0 Å². The van der Waals surface area contributed by atoms with Crippen LogP contribution in [0, 0.1) is 18.6 Å². The predicted octanol–water partition coefficient (Wildman–Crippen LogP) is 1.35. The van der Waals surface area contributed by atoms with Crippen LogP contribution < -0.4 is 5.73 Å². The minimum atomic E-state index is -0.572. The first kappa shape index (κ1) is 14.9. The summed E-state index contributed by atoms with van der Waals surface area (Å²) in [5.74, 6) is -1.55. The molecule has 2 N–H and O–H groups in total. The van der Waals surface area contributed by atoms with Crippen LogP contribution in [0.25, 0.3) is 0 Å². The molecule has 0 radical (unpaired) electrons. The lowest BCUT2D eigenvalue weighted by atomic mass is 10.1. The molecule has 20 heavy (non-hydrogen) atoms. The third-order valence-electron chi connectivity index (χ3n) is 3.53. The van der Waals surface area contributed by atoms with Crippen molar-refractivity contribution in [1.29, 1.82) is 0 Å². The fraction of sp³-hybridized carbons (Fsp3) is 0.500. The van der Waals surface area contributed by atoms with Gasteiger partial charge in [-0.25, -0.2) is 8.78 Å². The Labute approximate surface area is 116 Å².